The summed E-state index contributed by atoms with van der Waals surface area (Å²) in [5, 5.41) is 4.30. The van der Waals surface area contributed by atoms with E-state index in [1.54, 1.807) is 21.3 Å². The van der Waals surface area contributed by atoms with Crippen LogP contribution in [0.2, 0.25) is 0 Å². The fourth-order valence-electron chi connectivity index (χ4n) is 1.69. The molecule has 17 heavy (non-hydrogen) atoms. The summed E-state index contributed by atoms with van der Waals surface area (Å²) in [6.07, 6.45) is 1.09. The van der Waals surface area contributed by atoms with Gasteiger partial charge in [-0.05, 0) is 18.6 Å². The van der Waals surface area contributed by atoms with Crippen molar-refractivity contribution >= 4 is 19.7 Å². The highest BCUT2D eigenvalue weighted by Crippen LogP contribution is 2.11. The molecule has 0 saturated carbocycles. The van der Waals surface area contributed by atoms with Gasteiger partial charge in [0, 0.05) is 38.7 Å². The van der Waals surface area contributed by atoms with Crippen molar-refractivity contribution in [3.63, 3.8) is 0 Å². The van der Waals surface area contributed by atoms with Gasteiger partial charge in [-0.1, -0.05) is 19.1 Å². The minimum atomic E-state index is -2.70. The maximum Gasteiger partial charge on any atom is 0.536 e. The molecule has 0 aliphatic heterocycles. The van der Waals surface area contributed by atoms with Gasteiger partial charge < -0.3 is 18.6 Å². The number of nitrogens with one attached hydrogen (secondary N) is 1. The van der Waals surface area contributed by atoms with E-state index in [-0.39, 0.29) is 0 Å². The van der Waals surface area contributed by atoms with Crippen LogP contribution in [-0.4, -0.2) is 36.7 Å². The molecule has 0 heterocycles. The standard InChI is InChI=1S/C12H21NO3Si/c1-5-9-13-11-7-6-8-12(10-11)17(14-2,15-3)16-4/h6-8,10,13H,5,9H2,1-4H3. The van der Waals surface area contributed by atoms with E-state index in [0.29, 0.717) is 0 Å². The van der Waals surface area contributed by atoms with E-state index in [4.69, 9.17) is 13.3 Å². The van der Waals surface area contributed by atoms with Gasteiger partial charge >= 0.3 is 8.80 Å². The topological polar surface area (TPSA) is 39.7 Å². The second-order valence-electron chi connectivity index (χ2n) is 3.68. The highest BCUT2D eigenvalue weighted by atomic mass is 28.4. The van der Waals surface area contributed by atoms with E-state index >= 15 is 0 Å². The monoisotopic (exact) mass is 255 g/mol. The van der Waals surface area contributed by atoms with Crippen molar-refractivity contribution < 1.29 is 13.3 Å². The SMILES string of the molecule is CCCNc1cccc([Si](OC)(OC)OC)c1. The lowest BCUT2D eigenvalue weighted by Gasteiger charge is -2.24. The smallest absolute Gasteiger partial charge is 0.385 e. The molecule has 0 spiro atoms. The fourth-order valence-corrected chi connectivity index (χ4v) is 3.53. The Labute approximate surface area is 104 Å². The number of hydrogen-bond acceptors (Lipinski definition) is 4. The Morgan fingerprint density at radius 2 is 1.76 bits per heavy atom. The zero-order valence-electron chi connectivity index (χ0n) is 10.9. The molecule has 5 heteroatoms. The van der Waals surface area contributed by atoms with Gasteiger partial charge in [-0.3, -0.25) is 0 Å². The third kappa shape index (κ3) is 3.29. The van der Waals surface area contributed by atoms with Gasteiger partial charge in [0.1, 0.15) is 0 Å². The molecule has 0 aliphatic carbocycles. The van der Waals surface area contributed by atoms with Gasteiger partial charge in [0.05, 0.1) is 0 Å². The summed E-state index contributed by atoms with van der Waals surface area (Å²) in [6.45, 7) is 3.08. The Morgan fingerprint density at radius 1 is 1.12 bits per heavy atom. The molecule has 0 fully saturated rings. The molecule has 1 aromatic rings. The molecule has 0 radical (unpaired) electrons. The molecule has 0 bridgehead atoms. The minimum absolute atomic E-state index is 0.949. The number of hydrogen-bond donors (Lipinski definition) is 1. The first-order valence-corrected chi connectivity index (χ1v) is 7.44. The largest absolute Gasteiger partial charge is 0.536 e. The van der Waals surface area contributed by atoms with E-state index in [2.05, 4.69) is 12.2 Å². The lowest BCUT2D eigenvalue weighted by molar-refractivity contribution is 0.140. The predicted molar refractivity (Wildman–Crippen MR) is 71.6 cm³/mol. The van der Waals surface area contributed by atoms with E-state index in [1.165, 1.54) is 0 Å². The Balaban J connectivity index is 2.96. The van der Waals surface area contributed by atoms with Crippen LogP contribution >= 0.6 is 0 Å². The summed E-state index contributed by atoms with van der Waals surface area (Å²) in [7, 11) is 2.15. The van der Waals surface area contributed by atoms with Crippen molar-refractivity contribution in [3.05, 3.63) is 24.3 Å². The summed E-state index contributed by atoms with van der Waals surface area (Å²) in [4.78, 5) is 0. The molecule has 0 amide bonds. The van der Waals surface area contributed by atoms with Gasteiger partial charge in [-0.2, -0.15) is 0 Å². The predicted octanol–water partition coefficient (Wildman–Crippen LogP) is 1.59. The Kier molecular flexibility index (Phi) is 5.63. The molecule has 96 valence electrons. The van der Waals surface area contributed by atoms with Crippen LogP contribution in [0.25, 0.3) is 0 Å². The van der Waals surface area contributed by atoms with Crippen LogP contribution in [-0.2, 0) is 13.3 Å². The zero-order chi connectivity index (χ0) is 12.7. The van der Waals surface area contributed by atoms with Crippen molar-refractivity contribution in [1.82, 2.24) is 0 Å². The molecule has 4 nitrogen and oxygen atoms in total. The third-order valence-corrected chi connectivity index (χ3v) is 5.23. The minimum Gasteiger partial charge on any atom is -0.385 e. The van der Waals surface area contributed by atoms with Crippen molar-refractivity contribution in [2.24, 2.45) is 0 Å². The molecule has 1 N–H and O–H groups in total. The zero-order valence-corrected chi connectivity index (χ0v) is 11.9. The summed E-state index contributed by atoms with van der Waals surface area (Å²) < 4.78 is 16.3. The molecular weight excluding hydrogens is 234 g/mol. The molecule has 1 rings (SSSR count). The molecule has 0 aromatic heterocycles. The van der Waals surface area contributed by atoms with Crippen molar-refractivity contribution in [1.29, 1.82) is 0 Å². The summed E-state index contributed by atoms with van der Waals surface area (Å²) in [5.74, 6) is 0. The molecule has 0 atom stereocenters. The maximum absolute atomic E-state index is 5.45. The quantitative estimate of drug-likeness (QED) is 0.751. The molecular formula is C12H21NO3Si. The lowest BCUT2D eigenvalue weighted by atomic mass is 10.3. The Morgan fingerprint density at radius 3 is 2.29 bits per heavy atom. The van der Waals surface area contributed by atoms with E-state index in [0.717, 1.165) is 23.8 Å². The number of anilines is 1. The highest BCUT2D eigenvalue weighted by Gasteiger charge is 2.40. The highest BCUT2D eigenvalue weighted by molar-refractivity contribution is 6.75. The first-order valence-electron chi connectivity index (χ1n) is 5.72. The molecule has 0 saturated heterocycles. The third-order valence-electron chi connectivity index (χ3n) is 2.60. The van der Waals surface area contributed by atoms with Crippen LogP contribution in [0.3, 0.4) is 0 Å². The van der Waals surface area contributed by atoms with Crippen LogP contribution in [0.15, 0.2) is 24.3 Å². The summed E-state index contributed by atoms with van der Waals surface area (Å²) in [5.41, 5.74) is 1.06. The van der Waals surface area contributed by atoms with E-state index < -0.39 is 8.80 Å². The van der Waals surface area contributed by atoms with Gasteiger partial charge in [0.15, 0.2) is 0 Å². The van der Waals surface area contributed by atoms with Crippen LogP contribution in [0.1, 0.15) is 13.3 Å². The van der Waals surface area contributed by atoms with Crippen molar-refractivity contribution in [3.8, 4) is 0 Å². The fraction of sp³-hybridized carbons (Fsp3) is 0.500. The van der Waals surface area contributed by atoms with Crippen molar-refractivity contribution in [2.75, 3.05) is 33.2 Å². The van der Waals surface area contributed by atoms with Crippen molar-refractivity contribution in [2.45, 2.75) is 13.3 Å². The molecule has 0 unspecified atom stereocenters. The lowest BCUT2D eigenvalue weighted by Crippen LogP contribution is -2.54. The van der Waals surface area contributed by atoms with E-state index in [9.17, 15) is 0 Å². The van der Waals surface area contributed by atoms with E-state index in [1.807, 2.05) is 24.3 Å². The second kappa shape index (κ2) is 6.76. The van der Waals surface area contributed by atoms with Gasteiger partial charge in [-0.15, -0.1) is 0 Å². The van der Waals surface area contributed by atoms with Gasteiger partial charge in [-0.25, -0.2) is 0 Å². The first kappa shape index (κ1) is 14.2. The number of rotatable bonds is 7. The Bertz CT molecular complexity index is 334. The molecule has 1 aromatic carbocycles. The average molecular weight is 255 g/mol. The molecule has 0 aliphatic rings. The summed E-state index contributed by atoms with van der Waals surface area (Å²) in [6, 6.07) is 8.00. The average Bonchev–Trinajstić information content (AvgIpc) is 2.40. The first-order chi connectivity index (χ1) is 8.22. The maximum atomic E-state index is 5.45. The normalized spacial score (nSPS) is 11.5. The van der Waals surface area contributed by atoms with Gasteiger partial charge in [0.25, 0.3) is 0 Å². The van der Waals surface area contributed by atoms with Crippen LogP contribution in [0, 0.1) is 0 Å². The second-order valence-corrected chi connectivity index (χ2v) is 6.59. The summed E-state index contributed by atoms with van der Waals surface area (Å²) >= 11 is 0. The van der Waals surface area contributed by atoms with Gasteiger partial charge in [0.2, 0.25) is 0 Å². The number of benzene rings is 1. The Hall–Kier alpha value is -0.883. The van der Waals surface area contributed by atoms with Crippen LogP contribution in [0.5, 0.6) is 0 Å². The van der Waals surface area contributed by atoms with Crippen LogP contribution < -0.4 is 10.5 Å². The van der Waals surface area contributed by atoms with Crippen LogP contribution in [0.4, 0.5) is 5.69 Å².